The molecule has 0 radical (unpaired) electrons. The van der Waals surface area contributed by atoms with Gasteiger partial charge in [0, 0.05) is 43.8 Å². The standard InChI is InChI=1S/C19H22N4O3S/c1-11(24)23-8-13-7-22(18(25)16-10-27-19(20)21-16)9-15(13)17(23)12-3-5-14(26-2)6-4-12/h3-6,10,13,15,17H,7-9H2,1-2H3,(H2,20,21)/t13-,15-,17+/m1/s1. The SMILES string of the molecule is COc1ccc([C@H]2[C@@H]3CN(C(=O)c4csc(N)n4)C[C@@H]3CN2C(C)=O)cc1. The fourth-order valence-electron chi connectivity index (χ4n) is 4.31. The van der Waals surface area contributed by atoms with Gasteiger partial charge < -0.3 is 20.3 Å². The summed E-state index contributed by atoms with van der Waals surface area (Å²) in [7, 11) is 1.63. The Balaban J connectivity index is 1.58. The molecular formula is C19H22N4O3S. The van der Waals surface area contributed by atoms with Crippen LogP contribution in [-0.2, 0) is 4.79 Å². The molecule has 0 unspecified atom stereocenters. The van der Waals surface area contributed by atoms with E-state index in [1.54, 1.807) is 19.4 Å². The number of hydrogen-bond donors (Lipinski definition) is 1. The van der Waals surface area contributed by atoms with E-state index in [1.165, 1.54) is 11.3 Å². The number of ether oxygens (including phenoxy) is 1. The number of fused-ring (bicyclic) bond motifs is 1. The number of likely N-dealkylation sites (tertiary alicyclic amines) is 2. The number of nitrogens with zero attached hydrogens (tertiary/aromatic N) is 3. The van der Waals surface area contributed by atoms with Crippen molar-refractivity contribution in [2.45, 2.75) is 13.0 Å². The summed E-state index contributed by atoms with van der Waals surface area (Å²) in [6.07, 6.45) is 0. The van der Waals surface area contributed by atoms with E-state index < -0.39 is 0 Å². The molecule has 27 heavy (non-hydrogen) atoms. The van der Waals surface area contributed by atoms with Crippen LogP contribution in [0, 0.1) is 11.8 Å². The maximum atomic E-state index is 12.8. The van der Waals surface area contributed by atoms with Crippen LogP contribution in [0.15, 0.2) is 29.6 Å². The largest absolute Gasteiger partial charge is 0.497 e. The second-order valence-electron chi connectivity index (χ2n) is 7.09. The number of carbonyl (C=O) groups excluding carboxylic acids is 2. The number of rotatable bonds is 3. The Hall–Kier alpha value is -2.61. The monoisotopic (exact) mass is 386 g/mol. The average Bonchev–Trinajstić information content (AvgIpc) is 3.35. The van der Waals surface area contributed by atoms with Crippen LogP contribution in [0.2, 0.25) is 0 Å². The lowest BCUT2D eigenvalue weighted by Crippen LogP contribution is -2.36. The maximum absolute atomic E-state index is 12.8. The predicted molar refractivity (Wildman–Crippen MR) is 103 cm³/mol. The number of benzene rings is 1. The Labute approximate surface area is 161 Å². The summed E-state index contributed by atoms with van der Waals surface area (Å²) >= 11 is 1.27. The zero-order chi connectivity index (χ0) is 19.1. The van der Waals surface area contributed by atoms with Crippen LogP contribution < -0.4 is 10.5 Å². The quantitative estimate of drug-likeness (QED) is 0.872. The summed E-state index contributed by atoms with van der Waals surface area (Å²) < 4.78 is 5.24. The third-order valence-electron chi connectivity index (χ3n) is 5.55. The molecule has 142 valence electrons. The van der Waals surface area contributed by atoms with Crippen molar-refractivity contribution < 1.29 is 14.3 Å². The van der Waals surface area contributed by atoms with Crippen LogP contribution in [0.4, 0.5) is 5.13 Å². The average molecular weight is 386 g/mol. The number of carbonyl (C=O) groups is 2. The highest BCUT2D eigenvalue weighted by Crippen LogP contribution is 2.45. The first-order chi connectivity index (χ1) is 13.0. The van der Waals surface area contributed by atoms with Gasteiger partial charge >= 0.3 is 0 Å². The Morgan fingerprint density at radius 1 is 1.22 bits per heavy atom. The number of anilines is 1. The van der Waals surface area contributed by atoms with Crippen molar-refractivity contribution in [3.05, 3.63) is 40.9 Å². The lowest BCUT2D eigenvalue weighted by molar-refractivity contribution is -0.130. The number of thiazole rings is 1. The molecule has 8 heteroatoms. The summed E-state index contributed by atoms with van der Waals surface area (Å²) in [5, 5.41) is 2.10. The van der Waals surface area contributed by atoms with Crippen LogP contribution in [0.3, 0.4) is 0 Å². The van der Waals surface area contributed by atoms with Crippen molar-refractivity contribution in [1.29, 1.82) is 0 Å². The van der Waals surface area contributed by atoms with Gasteiger partial charge in [0.15, 0.2) is 5.13 Å². The molecule has 2 aromatic rings. The van der Waals surface area contributed by atoms with Gasteiger partial charge in [-0.15, -0.1) is 11.3 Å². The van der Waals surface area contributed by atoms with E-state index in [0.717, 1.165) is 11.3 Å². The molecule has 2 fully saturated rings. The van der Waals surface area contributed by atoms with Gasteiger partial charge in [-0.2, -0.15) is 0 Å². The van der Waals surface area contributed by atoms with Gasteiger partial charge in [-0.3, -0.25) is 9.59 Å². The van der Waals surface area contributed by atoms with E-state index in [9.17, 15) is 9.59 Å². The molecule has 7 nitrogen and oxygen atoms in total. The number of hydrogen-bond acceptors (Lipinski definition) is 6. The third-order valence-corrected chi connectivity index (χ3v) is 6.23. The topological polar surface area (TPSA) is 88.8 Å². The molecule has 4 rings (SSSR count). The van der Waals surface area contributed by atoms with Gasteiger partial charge in [-0.1, -0.05) is 12.1 Å². The van der Waals surface area contributed by atoms with Crippen LogP contribution in [0.25, 0.3) is 0 Å². The number of aromatic nitrogens is 1. The van der Waals surface area contributed by atoms with Gasteiger partial charge in [0.05, 0.1) is 13.2 Å². The van der Waals surface area contributed by atoms with Crippen LogP contribution in [0.5, 0.6) is 5.75 Å². The molecule has 2 saturated heterocycles. The highest BCUT2D eigenvalue weighted by atomic mass is 32.1. The maximum Gasteiger partial charge on any atom is 0.273 e. The van der Waals surface area contributed by atoms with E-state index in [1.807, 2.05) is 34.1 Å². The predicted octanol–water partition coefficient (Wildman–Crippen LogP) is 2.03. The zero-order valence-corrected chi connectivity index (χ0v) is 16.1. The van der Waals surface area contributed by atoms with Gasteiger partial charge in [0.1, 0.15) is 11.4 Å². The van der Waals surface area contributed by atoms with Crippen molar-refractivity contribution in [1.82, 2.24) is 14.8 Å². The first-order valence-electron chi connectivity index (χ1n) is 8.89. The molecule has 2 amide bonds. The Bertz CT molecular complexity index is 866. The van der Waals surface area contributed by atoms with E-state index in [4.69, 9.17) is 10.5 Å². The van der Waals surface area contributed by atoms with Crippen LogP contribution in [-0.4, -0.2) is 53.3 Å². The van der Waals surface area contributed by atoms with Gasteiger partial charge in [0.2, 0.25) is 5.91 Å². The highest BCUT2D eigenvalue weighted by Gasteiger charge is 2.49. The number of nitrogen functional groups attached to an aromatic ring is 1. The number of nitrogens with two attached hydrogens (primary N) is 1. The first kappa shape index (κ1) is 17.8. The summed E-state index contributed by atoms with van der Waals surface area (Å²) in [4.78, 5) is 32.9. The molecule has 0 bridgehead atoms. The molecule has 3 atom stereocenters. The summed E-state index contributed by atoms with van der Waals surface area (Å²) in [6, 6.07) is 7.81. The Kier molecular flexibility index (Phi) is 4.51. The summed E-state index contributed by atoms with van der Waals surface area (Å²) in [5.74, 6) is 1.24. The smallest absolute Gasteiger partial charge is 0.273 e. The first-order valence-corrected chi connectivity index (χ1v) is 9.77. The number of methoxy groups -OCH3 is 1. The van der Waals surface area contributed by atoms with E-state index >= 15 is 0 Å². The number of amides is 2. The molecule has 0 aliphatic carbocycles. The fourth-order valence-corrected chi connectivity index (χ4v) is 4.85. The molecule has 1 aromatic heterocycles. The van der Waals surface area contributed by atoms with Crippen LogP contribution >= 0.6 is 11.3 Å². The lowest BCUT2D eigenvalue weighted by atomic mass is 9.89. The highest BCUT2D eigenvalue weighted by molar-refractivity contribution is 7.13. The third kappa shape index (κ3) is 3.14. The minimum absolute atomic E-state index is 0.0308. The van der Waals surface area contributed by atoms with E-state index in [0.29, 0.717) is 30.5 Å². The van der Waals surface area contributed by atoms with Crippen molar-refractivity contribution in [3.63, 3.8) is 0 Å². The van der Waals surface area contributed by atoms with Gasteiger partial charge in [0.25, 0.3) is 5.91 Å². The van der Waals surface area contributed by atoms with Gasteiger partial charge in [-0.25, -0.2) is 4.98 Å². The fraction of sp³-hybridized carbons (Fsp3) is 0.421. The van der Waals surface area contributed by atoms with Crippen molar-refractivity contribution in [3.8, 4) is 5.75 Å². The molecule has 2 aliphatic heterocycles. The van der Waals surface area contributed by atoms with E-state index in [-0.39, 0.29) is 29.7 Å². The molecule has 0 spiro atoms. The van der Waals surface area contributed by atoms with Crippen molar-refractivity contribution >= 4 is 28.3 Å². The Morgan fingerprint density at radius 2 is 1.96 bits per heavy atom. The molecule has 2 aliphatic rings. The molecule has 1 aromatic carbocycles. The van der Waals surface area contributed by atoms with E-state index in [2.05, 4.69) is 4.98 Å². The minimum atomic E-state index is -0.0831. The normalized spacial score (nSPS) is 24.1. The minimum Gasteiger partial charge on any atom is -0.497 e. The molecule has 2 N–H and O–H groups in total. The van der Waals surface area contributed by atoms with Crippen molar-refractivity contribution in [2.75, 3.05) is 32.5 Å². The lowest BCUT2D eigenvalue weighted by Gasteiger charge is -2.29. The second kappa shape index (κ2) is 6.84. The summed E-state index contributed by atoms with van der Waals surface area (Å²) in [6.45, 7) is 3.52. The molecule has 0 saturated carbocycles. The van der Waals surface area contributed by atoms with Gasteiger partial charge in [-0.05, 0) is 17.7 Å². The zero-order valence-electron chi connectivity index (χ0n) is 15.3. The molecular weight excluding hydrogens is 364 g/mol. The summed E-state index contributed by atoms with van der Waals surface area (Å²) in [5.41, 5.74) is 7.14. The van der Waals surface area contributed by atoms with Crippen LogP contribution in [0.1, 0.15) is 29.0 Å². The molecule has 3 heterocycles. The Morgan fingerprint density at radius 3 is 2.56 bits per heavy atom. The van der Waals surface area contributed by atoms with Crippen molar-refractivity contribution in [2.24, 2.45) is 11.8 Å². The second-order valence-corrected chi connectivity index (χ2v) is 7.98.